The number of thiazole rings is 1. The number of carbonyl (C=O) groups is 2. The highest BCUT2D eigenvalue weighted by molar-refractivity contribution is 7.14. The van der Waals surface area contributed by atoms with Gasteiger partial charge in [0.1, 0.15) is 11.8 Å². The molecular weight excluding hydrogens is 230 g/mol. The first-order valence-corrected chi connectivity index (χ1v) is 5.72. The number of primary amides is 1. The second kappa shape index (κ2) is 4.58. The van der Waals surface area contributed by atoms with Gasteiger partial charge in [0.15, 0.2) is 5.13 Å². The number of aromatic nitrogens is 1. The van der Waals surface area contributed by atoms with E-state index in [2.05, 4.69) is 10.3 Å². The minimum absolute atomic E-state index is 0.160. The maximum atomic E-state index is 11.6. The van der Waals surface area contributed by atoms with Gasteiger partial charge in [-0.2, -0.15) is 0 Å². The highest BCUT2D eigenvalue weighted by atomic mass is 32.1. The predicted octanol–water partition coefficient (Wildman–Crippen LogP) is 0.359. The topological polar surface area (TPSA) is 94.3 Å². The fourth-order valence-electron chi connectivity index (χ4n) is 1.41. The van der Waals surface area contributed by atoms with Crippen LogP contribution in [0.25, 0.3) is 0 Å². The summed E-state index contributed by atoms with van der Waals surface area (Å²) in [7, 11) is 0. The molecule has 0 aromatic carbocycles. The molecule has 1 aromatic rings. The fraction of sp³-hybridized carbons (Fsp3) is 0.444. The van der Waals surface area contributed by atoms with Crippen molar-refractivity contribution in [1.29, 1.82) is 0 Å². The van der Waals surface area contributed by atoms with Crippen molar-refractivity contribution >= 4 is 28.3 Å². The molecule has 2 amide bonds. The number of nitrogens with two attached hydrogens (primary N) is 1. The number of nitrogens with zero attached hydrogens (tertiary/aromatic N) is 1. The molecule has 0 spiro atoms. The smallest absolute Gasteiger partial charge is 0.268 e. The average molecular weight is 241 g/mol. The Kier molecular flexibility index (Phi) is 3.16. The molecule has 1 aliphatic rings. The van der Waals surface area contributed by atoms with E-state index < -0.39 is 12.0 Å². The van der Waals surface area contributed by atoms with Crippen LogP contribution in [0.15, 0.2) is 5.38 Å². The van der Waals surface area contributed by atoms with E-state index in [9.17, 15) is 9.59 Å². The maximum absolute atomic E-state index is 11.6. The molecule has 0 saturated carbocycles. The van der Waals surface area contributed by atoms with Crippen molar-refractivity contribution in [3.8, 4) is 0 Å². The lowest BCUT2D eigenvalue weighted by Crippen LogP contribution is -2.26. The van der Waals surface area contributed by atoms with Gasteiger partial charge in [0.2, 0.25) is 0 Å². The summed E-state index contributed by atoms with van der Waals surface area (Å²) in [5.74, 6) is -0.822. The molecule has 0 radical (unpaired) electrons. The molecule has 0 aliphatic carbocycles. The van der Waals surface area contributed by atoms with Crippen LogP contribution in [0.1, 0.15) is 23.3 Å². The molecule has 1 saturated heterocycles. The molecule has 2 rings (SSSR count). The van der Waals surface area contributed by atoms with Crippen LogP contribution in [0, 0.1) is 0 Å². The van der Waals surface area contributed by atoms with Crippen LogP contribution in [0.2, 0.25) is 0 Å². The Labute approximate surface area is 95.8 Å². The van der Waals surface area contributed by atoms with E-state index in [-0.39, 0.29) is 11.6 Å². The van der Waals surface area contributed by atoms with Gasteiger partial charge in [0.05, 0.1) is 0 Å². The third kappa shape index (κ3) is 2.37. The summed E-state index contributed by atoms with van der Waals surface area (Å²) in [6.07, 6.45) is 1.21. The molecule has 1 fully saturated rings. The first-order chi connectivity index (χ1) is 7.66. The Bertz CT molecular complexity index is 412. The molecule has 1 aromatic heterocycles. The zero-order chi connectivity index (χ0) is 11.5. The van der Waals surface area contributed by atoms with Crippen molar-refractivity contribution < 1.29 is 14.3 Å². The fourth-order valence-corrected chi connectivity index (χ4v) is 2.12. The third-order valence-corrected chi connectivity index (χ3v) is 2.97. The quantitative estimate of drug-likeness (QED) is 0.798. The number of hydrogen-bond donors (Lipinski definition) is 2. The molecule has 2 heterocycles. The third-order valence-electron chi connectivity index (χ3n) is 2.21. The van der Waals surface area contributed by atoms with Crippen LogP contribution in [0.4, 0.5) is 5.13 Å². The minimum atomic E-state index is -0.603. The number of ether oxygens (including phenoxy) is 1. The Morgan fingerprint density at radius 3 is 3.00 bits per heavy atom. The molecule has 3 N–H and O–H groups in total. The molecule has 6 nitrogen and oxygen atoms in total. The average Bonchev–Trinajstić information content (AvgIpc) is 2.87. The van der Waals surface area contributed by atoms with E-state index in [1.165, 1.54) is 16.7 Å². The van der Waals surface area contributed by atoms with Crippen molar-refractivity contribution in [2.75, 3.05) is 11.9 Å². The van der Waals surface area contributed by atoms with Gasteiger partial charge in [0, 0.05) is 12.0 Å². The summed E-state index contributed by atoms with van der Waals surface area (Å²) >= 11 is 1.17. The second-order valence-electron chi connectivity index (χ2n) is 3.39. The zero-order valence-electron chi connectivity index (χ0n) is 8.43. The van der Waals surface area contributed by atoms with Gasteiger partial charge in [-0.15, -0.1) is 11.3 Å². The van der Waals surface area contributed by atoms with Crippen molar-refractivity contribution in [1.82, 2.24) is 4.98 Å². The van der Waals surface area contributed by atoms with Crippen molar-refractivity contribution in [2.24, 2.45) is 5.73 Å². The van der Waals surface area contributed by atoms with Crippen LogP contribution in [-0.2, 0) is 9.53 Å². The summed E-state index contributed by atoms with van der Waals surface area (Å²) < 4.78 is 5.21. The number of anilines is 1. The van der Waals surface area contributed by atoms with Crippen LogP contribution < -0.4 is 11.1 Å². The molecule has 1 aliphatic heterocycles. The van der Waals surface area contributed by atoms with E-state index in [4.69, 9.17) is 10.5 Å². The summed E-state index contributed by atoms with van der Waals surface area (Å²) in [6.45, 7) is 0.614. The van der Waals surface area contributed by atoms with E-state index in [0.29, 0.717) is 11.7 Å². The van der Waals surface area contributed by atoms with Crippen LogP contribution in [-0.4, -0.2) is 29.5 Å². The molecule has 7 heteroatoms. The molecule has 16 heavy (non-hydrogen) atoms. The van der Waals surface area contributed by atoms with Gasteiger partial charge >= 0.3 is 0 Å². The van der Waals surface area contributed by atoms with Crippen molar-refractivity contribution in [3.63, 3.8) is 0 Å². The Morgan fingerprint density at radius 1 is 1.62 bits per heavy atom. The lowest BCUT2D eigenvalue weighted by Gasteiger charge is -2.07. The number of hydrogen-bond acceptors (Lipinski definition) is 5. The summed E-state index contributed by atoms with van der Waals surface area (Å²) in [5, 5.41) is 4.47. The van der Waals surface area contributed by atoms with Crippen LogP contribution >= 0.6 is 11.3 Å². The minimum Gasteiger partial charge on any atom is -0.368 e. The van der Waals surface area contributed by atoms with Crippen LogP contribution in [0.3, 0.4) is 0 Å². The molecule has 1 unspecified atom stereocenters. The normalized spacial score (nSPS) is 19.6. The molecule has 86 valence electrons. The standard InChI is InChI=1S/C9H11N3O3S/c10-7(13)5-4-16-9(11-5)12-8(14)6-2-1-3-15-6/h4,6H,1-3H2,(H2,10,13)(H,11,12,14). The van der Waals surface area contributed by atoms with Gasteiger partial charge in [-0.1, -0.05) is 0 Å². The van der Waals surface area contributed by atoms with Gasteiger partial charge in [-0.3, -0.25) is 14.9 Å². The van der Waals surface area contributed by atoms with E-state index in [1.54, 1.807) is 0 Å². The summed E-state index contributed by atoms with van der Waals surface area (Å²) in [4.78, 5) is 26.3. The number of rotatable bonds is 3. The monoisotopic (exact) mass is 241 g/mol. The van der Waals surface area contributed by atoms with E-state index >= 15 is 0 Å². The van der Waals surface area contributed by atoms with Crippen molar-refractivity contribution in [2.45, 2.75) is 18.9 Å². The first kappa shape index (κ1) is 11.0. The highest BCUT2D eigenvalue weighted by Gasteiger charge is 2.24. The molecule has 0 bridgehead atoms. The lowest BCUT2D eigenvalue weighted by molar-refractivity contribution is -0.124. The van der Waals surface area contributed by atoms with E-state index in [1.807, 2.05) is 0 Å². The van der Waals surface area contributed by atoms with Gasteiger partial charge in [-0.25, -0.2) is 4.98 Å². The van der Waals surface area contributed by atoms with E-state index in [0.717, 1.165) is 12.8 Å². The van der Waals surface area contributed by atoms with Crippen molar-refractivity contribution in [3.05, 3.63) is 11.1 Å². The van der Waals surface area contributed by atoms with Gasteiger partial charge in [0.25, 0.3) is 11.8 Å². The first-order valence-electron chi connectivity index (χ1n) is 4.84. The highest BCUT2D eigenvalue weighted by Crippen LogP contribution is 2.18. The Morgan fingerprint density at radius 2 is 2.44 bits per heavy atom. The summed E-state index contributed by atoms with van der Waals surface area (Å²) in [6, 6.07) is 0. The largest absolute Gasteiger partial charge is 0.368 e. The van der Waals surface area contributed by atoms with Crippen LogP contribution in [0.5, 0.6) is 0 Å². The van der Waals surface area contributed by atoms with Gasteiger partial charge in [-0.05, 0) is 12.8 Å². The maximum Gasteiger partial charge on any atom is 0.268 e. The SMILES string of the molecule is NC(=O)c1csc(NC(=O)C2CCCO2)n1. The summed E-state index contributed by atoms with van der Waals surface area (Å²) in [5.41, 5.74) is 5.21. The lowest BCUT2D eigenvalue weighted by atomic mass is 10.2. The Balaban J connectivity index is 1.97. The number of amides is 2. The zero-order valence-corrected chi connectivity index (χ0v) is 9.25. The second-order valence-corrected chi connectivity index (χ2v) is 4.25. The molecule has 1 atom stereocenters. The molecular formula is C9H11N3O3S. The Hall–Kier alpha value is -1.47. The van der Waals surface area contributed by atoms with Gasteiger partial charge < -0.3 is 10.5 Å². The number of nitrogens with one attached hydrogen (secondary N) is 1. The number of carbonyl (C=O) groups excluding carboxylic acids is 2. The predicted molar refractivity (Wildman–Crippen MR) is 58.2 cm³/mol.